The lowest BCUT2D eigenvalue weighted by Crippen LogP contribution is -2.44. The molecule has 2 heterocycles. The number of ether oxygens (including phenoxy) is 1. The van der Waals surface area contributed by atoms with Gasteiger partial charge in [0.25, 0.3) is 0 Å². The van der Waals surface area contributed by atoms with Gasteiger partial charge < -0.3 is 4.74 Å². The second-order valence-corrected chi connectivity index (χ2v) is 7.34. The molecule has 134 valence electrons. The van der Waals surface area contributed by atoms with Crippen LogP contribution >= 0.6 is 11.8 Å². The first-order valence-electron chi connectivity index (χ1n) is 8.33. The Balaban J connectivity index is 1.85. The maximum atomic E-state index is 14.3. The molecule has 4 nitrogen and oxygen atoms in total. The molecule has 7 heteroatoms. The van der Waals surface area contributed by atoms with Crippen molar-refractivity contribution in [3.05, 3.63) is 65.2 Å². The average molecular weight is 374 g/mol. The minimum Gasteiger partial charge on any atom is -0.493 e. The fraction of sp³-hybridized carbons (Fsp3) is 0.263. The van der Waals surface area contributed by atoms with Crippen molar-refractivity contribution >= 4 is 22.7 Å². The molecule has 4 rings (SSSR count). The van der Waals surface area contributed by atoms with Crippen LogP contribution in [0.3, 0.4) is 0 Å². The molecule has 0 radical (unpaired) electrons. The highest BCUT2D eigenvalue weighted by Crippen LogP contribution is 2.54. The molecule has 1 unspecified atom stereocenters. The number of nitrogens with zero attached hydrogens (tertiary/aromatic N) is 2. The van der Waals surface area contributed by atoms with E-state index in [9.17, 15) is 13.6 Å². The third-order valence-electron chi connectivity index (χ3n) is 4.50. The van der Waals surface area contributed by atoms with E-state index in [2.05, 4.69) is 5.10 Å². The Labute approximate surface area is 153 Å². The van der Waals surface area contributed by atoms with Gasteiger partial charge in [-0.2, -0.15) is 5.10 Å². The van der Waals surface area contributed by atoms with E-state index in [4.69, 9.17) is 4.74 Å². The summed E-state index contributed by atoms with van der Waals surface area (Å²) in [5, 5.41) is 6.12. The van der Waals surface area contributed by atoms with E-state index < -0.39 is 16.5 Å². The number of hydrogen-bond donors (Lipinski definition) is 0. The third kappa shape index (κ3) is 2.58. The Kier molecular flexibility index (Phi) is 4.19. The van der Waals surface area contributed by atoms with E-state index in [0.717, 1.165) is 23.8 Å². The summed E-state index contributed by atoms with van der Waals surface area (Å²) in [4.78, 5) is 11.8. The number of rotatable bonds is 2. The van der Waals surface area contributed by atoms with E-state index in [1.807, 2.05) is 24.3 Å². The van der Waals surface area contributed by atoms with Crippen LogP contribution in [0, 0.1) is 11.6 Å². The molecule has 0 saturated heterocycles. The van der Waals surface area contributed by atoms with Crippen molar-refractivity contribution in [2.75, 3.05) is 6.61 Å². The maximum Gasteiger partial charge on any atom is 0.244 e. The van der Waals surface area contributed by atoms with Crippen molar-refractivity contribution in [3.8, 4) is 5.75 Å². The molecule has 2 aliphatic heterocycles. The zero-order valence-electron chi connectivity index (χ0n) is 14.0. The quantitative estimate of drug-likeness (QED) is 0.789. The van der Waals surface area contributed by atoms with Crippen LogP contribution in [0.1, 0.15) is 30.9 Å². The Morgan fingerprint density at radius 3 is 2.92 bits per heavy atom. The van der Waals surface area contributed by atoms with Gasteiger partial charge in [-0.15, -0.1) is 0 Å². The van der Waals surface area contributed by atoms with E-state index in [0.29, 0.717) is 23.8 Å². The summed E-state index contributed by atoms with van der Waals surface area (Å²) in [6.07, 6.45) is 0.762. The largest absolute Gasteiger partial charge is 0.493 e. The van der Waals surface area contributed by atoms with Crippen LogP contribution in [0.4, 0.5) is 8.78 Å². The topological polar surface area (TPSA) is 41.9 Å². The summed E-state index contributed by atoms with van der Waals surface area (Å²) in [6.45, 7) is 2.16. The SMILES string of the molecule is CCC(=O)N1N=C(c2cc(F)ccc2F)SC12CCOc1ccccc12. The lowest BCUT2D eigenvalue weighted by molar-refractivity contribution is -0.135. The molecule has 26 heavy (non-hydrogen) atoms. The molecule has 0 fully saturated rings. The fourth-order valence-electron chi connectivity index (χ4n) is 3.25. The number of hydrogen-bond acceptors (Lipinski definition) is 4. The van der Waals surface area contributed by atoms with Crippen LogP contribution in [-0.2, 0) is 9.67 Å². The third-order valence-corrected chi connectivity index (χ3v) is 5.93. The fourth-order valence-corrected chi connectivity index (χ4v) is 4.65. The van der Waals surface area contributed by atoms with Crippen LogP contribution < -0.4 is 4.74 Å². The molecule has 1 spiro atoms. The highest BCUT2D eigenvalue weighted by atomic mass is 32.2. The Morgan fingerprint density at radius 1 is 1.31 bits per heavy atom. The summed E-state index contributed by atoms with van der Waals surface area (Å²) in [5.74, 6) is -0.623. The van der Waals surface area contributed by atoms with Crippen LogP contribution in [0.25, 0.3) is 0 Å². The molecule has 1 amide bonds. The van der Waals surface area contributed by atoms with Gasteiger partial charge in [0.05, 0.1) is 6.61 Å². The second-order valence-electron chi connectivity index (χ2n) is 6.07. The van der Waals surface area contributed by atoms with Crippen LogP contribution in [0.2, 0.25) is 0 Å². The van der Waals surface area contributed by atoms with Crippen molar-refractivity contribution in [1.82, 2.24) is 5.01 Å². The average Bonchev–Trinajstić information content (AvgIpc) is 3.03. The molecule has 0 N–H and O–H groups in total. The van der Waals surface area contributed by atoms with Crippen molar-refractivity contribution in [3.63, 3.8) is 0 Å². The predicted molar refractivity (Wildman–Crippen MR) is 95.9 cm³/mol. The summed E-state index contributed by atoms with van der Waals surface area (Å²) >= 11 is 1.27. The highest BCUT2D eigenvalue weighted by Gasteiger charge is 2.51. The normalized spacial score (nSPS) is 21.3. The lowest BCUT2D eigenvalue weighted by Gasteiger charge is -2.39. The van der Waals surface area contributed by atoms with Gasteiger partial charge in [0, 0.05) is 24.0 Å². The van der Waals surface area contributed by atoms with Gasteiger partial charge in [0.1, 0.15) is 27.3 Å². The summed E-state index contributed by atoms with van der Waals surface area (Å²) in [5.41, 5.74) is 0.873. The monoisotopic (exact) mass is 374 g/mol. The van der Waals surface area contributed by atoms with Crippen molar-refractivity contribution in [1.29, 1.82) is 0 Å². The lowest BCUT2D eigenvalue weighted by atomic mass is 9.99. The Morgan fingerprint density at radius 2 is 2.12 bits per heavy atom. The molecule has 1 atom stereocenters. The smallest absolute Gasteiger partial charge is 0.244 e. The van der Waals surface area contributed by atoms with E-state index in [1.165, 1.54) is 16.8 Å². The van der Waals surface area contributed by atoms with Crippen molar-refractivity contribution < 1.29 is 18.3 Å². The number of thioether (sulfide) groups is 1. The number of para-hydroxylation sites is 1. The first-order valence-corrected chi connectivity index (χ1v) is 9.15. The van der Waals surface area contributed by atoms with Gasteiger partial charge in [-0.1, -0.05) is 36.9 Å². The first-order chi connectivity index (χ1) is 12.5. The standard InChI is InChI=1S/C19H16F2N2O2S/c1-2-17(24)23-19(9-10-25-16-6-4-3-5-14(16)19)26-18(22-23)13-11-12(20)7-8-15(13)21/h3-8,11H,2,9-10H2,1H3. The Bertz CT molecular complexity index is 918. The molecule has 0 bridgehead atoms. The first kappa shape index (κ1) is 17.0. The minimum absolute atomic E-state index is 0.0600. The molecule has 0 aromatic heterocycles. The molecule has 0 saturated carbocycles. The number of amides is 1. The number of fused-ring (bicyclic) bond motifs is 2. The number of benzene rings is 2. The summed E-state index contributed by atoms with van der Waals surface area (Å²) in [7, 11) is 0. The number of hydrazone groups is 1. The predicted octanol–water partition coefficient (Wildman–Crippen LogP) is 4.25. The minimum atomic E-state index is -0.809. The molecule has 2 aromatic rings. The zero-order valence-corrected chi connectivity index (χ0v) is 14.9. The van der Waals surface area contributed by atoms with Crippen LogP contribution in [0.5, 0.6) is 5.75 Å². The van der Waals surface area contributed by atoms with Crippen molar-refractivity contribution in [2.24, 2.45) is 5.10 Å². The summed E-state index contributed by atoms with van der Waals surface area (Å²) in [6, 6.07) is 10.7. The molecular weight excluding hydrogens is 358 g/mol. The van der Waals surface area contributed by atoms with Crippen molar-refractivity contribution in [2.45, 2.75) is 24.6 Å². The van der Waals surface area contributed by atoms with Gasteiger partial charge in [-0.3, -0.25) is 4.79 Å². The Hall–Kier alpha value is -2.41. The maximum absolute atomic E-state index is 14.3. The molecule has 2 aromatic carbocycles. The number of carbonyl (C=O) groups is 1. The second kappa shape index (κ2) is 6.39. The van der Waals surface area contributed by atoms with E-state index in [1.54, 1.807) is 6.92 Å². The summed E-state index contributed by atoms with van der Waals surface area (Å²) < 4.78 is 33.7. The van der Waals surface area contributed by atoms with Gasteiger partial charge in [0.2, 0.25) is 5.91 Å². The van der Waals surface area contributed by atoms with E-state index in [-0.39, 0.29) is 17.9 Å². The molecular formula is C19H16F2N2O2S. The number of carbonyl (C=O) groups excluding carboxylic acids is 1. The number of halogens is 2. The molecule has 2 aliphatic rings. The van der Waals surface area contributed by atoms with Gasteiger partial charge >= 0.3 is 0 Å². The van der Waals surface area contributed by atoms with Gasteiger partial charge in [0.15, 0.2) is 0 Å². The highest BCUT2D eigenvalue weighted by molar-refractivity contribution is 8.15. The van der Waals surface area contributed by atoms with Gasteiger partial charge in [-0.05, 0) is 24.3 Å². The van der Waals surface area contributed by atoms with E-state index >= 15 is 0 Å². The zero-order chi connectivity index (χ0) is 18.3. The van der Waals surface area contributed by atoms with Crippen LogP contribution in [0.15, 0.2) is 47.6 Å². The van der Waals surface area contributed by atoms with Crippen LogP contribution in [-0.4, -0.2) is 22.6 Å². The molecule has 0 aliphatic carbocycles. The van der Waals surface area contributed by atoms with Gasteiger partial charge in [-0.25, -0.2) is 13.8 Å².